The average Bonchev–Trinajstić information content (AvgIpc) is 3.02. The van der Waals surface area contributed by atoms with Crippen LogP contribution in [0.5, 0.6) is 0 Å². The lowest BCUT2D eigenvalue weighted by Gasteiger charge is -2.11. The molecule has 0 atom stereocenters. The number of anilines is 2. The van der Waals surface area contributed by atoms with Gasteiger partial charge < -0.3 is 16.4 Å². The van der Waals surface area contributed by atoms with Crippen molar-refractivity contribution in [1.82, 2.24) is 5.32 Å². The summed E-state index contributed by atoms with van der Waals surface area (Å²) in [5.74, 6) is 0.760. The van der Waals surface area contributed by atoms with Gasteiger partial charge in [-0.15, -0.1) is 23.1 Å². The Morgan fingerprint density at radius 1 is 1.33 bits per heavy atom. The number of nitrogens with one attached hydrogen (secondary N) is 2. The monoisotopic (exact) mass is 325 g/mol. The Labute approximate surface area is 134 Å². The highest BCUT2D eigenvalue weighted by molar-refractivity contribution is 7.99. The zero-order chi connectivity index (χ0) is 14.8. The highest BCUT2D eigenvalue weighted by atomic mass is 32.2. The molecule has 21 heavy (non-hydrogen) atoms. The Morgan fingerprint density at radius 2 is 2.05 bits per heavy atom. The van der Waals surface area contributed by atoms with Gasteiger partial charge in [0.15, 0.2) is 0 Å². The molecule has 0 radical (unpaired) electrons. The van der Waals surface area contributed by atoms with Crippen LogP contribution in [0.2, 0.25) is 0 Å². The van der Waals surface area contributed by atoms with Gasteiger partial charge in [-0.3, -0.25) is 4.79 Å². The maximum atomic E-state index is 12.2. The Balaban J connectivity index is 1.70. The molecule has 0 bridgehead atoms. The fourth-order valence-electron chi connectivity index (χ4n) is 2.85. The molecule has 1 heterocycles. The third kappa shape index (κ3) is 3.48. The van der Waals surface area contributed by atoms with Gasteiger partial charge in [0.1, 0.15) is 9.88 Å². The second kappa shape index (κ2) is 6.48. The minimum Gasteiger partial charge on any atom is -0.396 e. The lowest BCUT2D eigenvalue weighted by atomic mass is 10.1. The third-order valence-corrected chi connectivity index (χ3v) is 6.37. The van der Waals surface area contributed by atoms with Crippen LogP contribution in [-0.2, 0) is 0 Å². The zero-order valence-electron chi connectivity index (χ0n) is 12.4. The van der Waals surface area contributed by atoms with Crippen LogP contribution in [0, 0.1) is 5.92 Å². The first-order chi connectivity index (χ1) is 10.2. The molecule has 1 aromatic rings. The minimum absolute atomic E-state index is 0.00998. The number of nitrogens with two attached hydrogens (primary N) is 1. The molecule has 4 N–H and O–H groups in total. The van der Waals surface area contributed by atoms with Crippen molar-refractivity contribution in [3.8, 4) is 0 Å². The summed E-state index contributed by atoms with van der Waals surface area (Å²) < 4.78 is 0. The highest BCUT2D eigenvalue weighted by Gasteiger charge is 2.27. The van der Waals surface area contributed by atoms with Crippen molar-refractivity contribution in [2.45, 2.75) is 49.5 Å². The number of nitrogen functional groups attached to an aromatic ring is 1. The number of carbonyl (C=O) groups is 1. The second-order valence-corrected chi connectivity index (χ2v) is 7.82. The third-order valence-electron chi connectivity index (χ3n) is 4.25. The molecule has 2 saturated carbocycles. The summed E-state index contributed by atoms with van der Waals surface area (Å²) in [6, 6.07) is 0.367. The zero-order valence-corrected chi connectivity index (χ0v) is 14.0. The first-order valence-corrected chi connectivity index (χ1v) is 9.74. The van der Waals surface area contributed by atoms with Gasteiger partial charge in [-0.1, -0.05) is 12.8 Å². The minimum atomic E-state index is -0.00998. The number of carbonyl (C=O) groups excluding carboxylic acids is 1. The largest absolute Gasteiger partial charge is 0.396 e. The van der Waals surface area contributed by atoms with E-state index in [1.807, 2.05) is 6.26 Å². The molecule has 6 heteroatoms. The molecule has 2 aliphatic rings. The molecule has 116 valence electrons. The smallest absolute Gasteiger partial charge is 0.263 e. The van der Waals surface area contributed by atoms with Gasteiger partial charge in [0.2, 0.25) is 0 Å². The van der Waals surface area contributed by atoms with Gasteiger partial charge in [-0.25, -0.2) is 0 Å². The molecule has 2 fully saturated rings. The van der Waals surface area contributed by atoms with E-state index >= 15 is 0 Å². The number of hydrogen-bond acceptors (Lipinski definition) is 5. The Kier molecular flexibility index (Phi) is 4.64. The first-order valence-electron chi connectivity index (χ1n) is 7.70. The topological polar surface area (TPSA) is 67.2 Å². The van der Waals surface area contributed by atoms with Crippen LogP contribution in [0.3, 0.4) is 0 Å². The Morgan fingerprint density at radius 3 is 2.67 bits per heavy atom. The lowest BCUT2D eigenvalue weighted by Crippen LogP contribution is -2.25. The molecule has 1 aromatic heterocycles. The van der Waals surface area contributed by atoms with E-state index in [-0.39, 0.29) is 5.91 Å². The molecular formula is C15H23N3OS2. The first kappa shape index (κ1) is 15.0. The van der Waals surface area contributed by atoms with Crippen LogP contribution >= 0.6 is 23.1 Å². The normalized spacial score (nSPS) is 18.9. The van der Waals surface area contributed by atoms with Crippen molar-refractivity contribution in [1.29, 1.82) is 0 Å². The van der Waals surface area contributed by atoms with Gasteiger partial charge in [0, 0.05) is 12.6 Å². The van der Waals surface area contributed by atoms with Gasteiger partial charge in [-0.2, -0.15) is 0 Å². The van der Waals surface area contributed by atoms with Gasteiger partial charge in [0.05, 0.1) is 10.6 Å². The number of thiophene rings is 1. The SMILES string of the molecule is CSc1c(NCC2CCCC2)sc(C(=O)NC2CC2)c1N. The van der Waals surface area contributed by atoms with Crippen LogP contribution in [0.4, 0.5) is 10.7 Å². The van der Waals surface area contributed by atoms with Crippen molar-refractivity contribution in [3.63, 3.8) is 0 Å². The van der Waals surface area contributed by atoms with Gasteiger partial charge in [0.25, 0.3) is 5.91 Å². The van der Waals surface area contributed by atoms with Crippen molar-refractivity contribution in [3.05, 3.63) is 4.88 Å². The van der Waals surface area contributed by atoms with Gasteiger partial charge >= 0.3 is 0 Å². The molecule has 4 nitrogen and oxygen atoms in total. The second-order valence-electron chi connectivity index (χ2n) is 5.99. The summed E-state index contributed by atoms with van der Waals surface area (Å²) >= 11 is 3.12. The molecule has 1 amide bonds. The van der Waals surface area contributed by atoms with Crippen molar-refractivity contribution in [2.24, 2.45) is 5.92 Å². The van der Waals surface area contributed by atoms with Gasteiger partial charge in [-0.05, 0) is 37.9 Å². The average molecular weight is 326 g/mol. The molecule has 0 aromatic carbocycles. The summed E-state index contributed by atoms with van der Waals surface area (Å²) in [7, 11) is 0. The molecule has 0 aliphatic heterocycles. The Bertz CT molecular complexity index is 519. The molecule has 2 aliphatic carbocycles. The summed E-state index contributed by atoms with van der Waals surface area (Å²) in [5.41, 5.74) is 6.82. The van der Waals surface area contributed by atoms with Crippen molar-refractivity contribution < 1.29 is 4.79 Å². The number of rotatable bonds is 6. The van der Waals surface area contributed by atoms with Crippen molar-refractivity contribution in [2.75, 3.05) is 23.9 Å². The Hall–Kier alpha value is -0.880. The lowest BCUT2D eigenvalue weighted by molar-refractivity contribution is 0.0956. The summed E-state index contributed by atoms with van der Waals surface area (Å²) in [6.45, 7) is 0.997. The van der Waals surface area contributed by atoms with E-state index in [0.717, 1.165) is 35.2 Å². The number of amides is 1. The summed E-state index contributed by atoms with van der Waals surface area (Å²) in [5, 5.41) is 7.62. The fourth-order valence-corrected chi connectivity index (χ4v) is 4.79. The maximum Gasteiger partial charge on any atom is 0.263 e. The highest BCUT2D eigenvalue weighted by Crippen LogP contribution is 2.42. The quantitative estimate of drug-likeness (QED) is 0.700. The number of hydrogen-bond donors (Lipinski definition) is 3. The fraction of sp³-hybridized carbons (Fsp3) is 0.667. The van der Waals surface area contributed by atoms with E-state index in [2.05, 4.69) is 10.6 Å². The molecule has 0 saturated heterocycles. The van der Waals surface area contributed by atoms with E-state index in [1.165, 1.54) is 37.0 Å². The van der Waals surface area contributed by atoms with Crippen LogP contribution in [0.1, 0.15) is 48.2 Å². The standard InChI is InChI=1S/C15H23N3OS2/c1-20-13-11(16)12(14(19)18-10-6-7-10)21-15(13)17-8-9-4-2-3-5-9/h9-10,17H,2-8,16H2,1H3,(H,18,19). The van der Waals surface area contributed by atoms with Crippen molar-refractivity contribution >= 4 is 39.7 Å². The van der Waals surface area contributed by atoms with E-state index in [1.54, 1.807) is 11.8 Å². The van der Waals surface area contributed by atoms with E-state index in [4.69, 9.17) is 5.73 Å². The van der Waals surface area contributed by atoms with E-state index in [9.17, 15) is 4.79 Å². The summed E-state index contributed by atoms with van der Waals surface area (Å²) in [6.07, 6.45) is 9.54. The molecular weight excluding hydrogens is 302 g/mol. The number of thioether (sulfide) groups is 1. The van der Waals surface area contributed by atoms with E-state index in [0.29, 0.717) is 16.6 Å². The summed E-state index contributed by atoms with van der Waals surface area (Å²) in [4.78, 5) is 13.9. The van der Waals surface area contributed by atoms with Crippen LogP contribution in [-0.4, -0.2) is 24.7 Å². The predicted octanol–water partition coefficient (Wildman–Crippen LogP) is 3.55. The van der Waals surface area contributed by atoms with Crippen LogP contribution in [0.25, 0.3) is 0 Å². The molecule has 0 spiro atoms. The van der Waals surface area contributed by atoms with E-state index < -0.39 is 0 Å². The van der Waals surface area contributed by atoms with Crippen LogP contribution in [0.15, 0.2) is 4.90 Å². The predicted molar refractivity (Wildman–Crippen MR) is 91.4 cm³/mol. The maximum absolute atomic E-state index is 12.2. The van der Waals surface area contributed by atoms with Crippen LogP contribution < -0.4 is 16.4 Å². The molecule has 0 unspecified atom stereocenters. The molecule has 3 rings (SSSR count).